The van der Waals surface area contributed by atoms with Crippen molar-refractivity contribution in [1.29, 1.82) is 0 Å². The van der Waals surface area contributed by atoms with E-state index in [1.165, 1.54) is 0 Å². The van der Waals surface area contributed by atoms with Gasteiger partial charge >= 0.3 is 0 Å². The third-order valence-electron chi connectivity index (χ3n) is 4.34. The standard InChI is InChI=1S/C21H27Cl2N5O2Si/c1-27(2)13-24-16-11-17(22)20(18(23)12-16)30-19-10-15-6-7-28(21(15)26-25-19)14-29-8-9-31(3,4)5/h6-7,10-13H,8-9,14H2,1-5H3. The largest absolute Gasteiger partial charge is 0.434 e. The van der Waals surface area contributed by atoms with Gasteiger partial charge < -0.3 is 18.9 Å². The second-order valence-electron chi connectivity index (χ2n) is 8.64. The summed E-state index contributed by atoms with van der Waals surface area (Å²) in [6, 6.07) is 8.23. The number of aromatic nitrogens is 3. The summed E-state index contributed by atoms with van der Waals surface area (Å²) in [5.74, 6) is 0.619. The molecule has 2 aromatic heterocycles. The minimum Gasteiger partial charge on any atom is -0.434 e. The van der Waals surface area contributed by atoms with Gasteiger partial charge in [0.25, 0.3) is 0 Å². The molecule has 0 fully saturated rings. The molecule has 0 atom stereocenters. The Morgan fingerprint density at radius 3 is 2.48 bits per heavy atom. The second kappa shape index (κ2) is 9.99. The first-order valence-corrected chi connectivity index (χ1v) is 14.4. The predicted molar refractivity (Wildman–Crippen MR) is 130 cm³/mol. The van der Waals surface area contributed by atoms with Gasteiger partial charge in [0.05, 0.1) is 22.1 Å². The smallest absolute Gasteiger partial charge is 0.239 e. The Labute approximate surface area is 193 Å². The van der Waals surface area contributed by atoms with Gasteiger partial charge in [-0.05, 0) is 24.2 Å². The molecule has 0 aliphatic carbocycles. The number of aliphatic imine (C=N–C) groups is 1. The zero-order valence-electron chi connectivity index (χ0n) is 18.4. The minimum absolute atomic E-state index is 0.304. The second-order valence-corrected chi connectivity index (χ2v) is 15.1. The molecule has 0 amide bonds. The highest BCUT2D eigenvalue weighted by atomic mass is 35.5. The van der Waals surface area contributed by atoms with E-state index in [1.807, 2.05) is 35.8 Å². The van der Waals surface area contributed by atoms with Crippen molar-refractivity contribution in [2.45, 2.75) is 32.4 Å². The summed E-state index contributed by atoms with van der Waals surface area (Å²) in [4.78, 5) is 6.12. The van der Waals surface area contributed by atoms with Crippen LogP contribution in [-0.4, -0.2) is 54.8 Å². The monoisotopic (exact) mass is 479 g/mol. The minimum atomic E-state index is -1.11. The summed E-state index contributed by atoms with van der Waals surface area (Å²) >= 11 is 12.7. The van der Waals surface area contributed by atoms with Crippen molar-refractivity contribution in [2.24, 2.45) is 4.99 Å². The Morgan fingerprint density at radius 1 is 1.13 bits per heavy atom. The highest BCUT2D eigenvalue weighted by Gasteiger charge is 2.14. The van der Waals surface area contributed by atoms with Crippen LogP contribution in [-0.2, 0) is 11.5 Å². The van der Waals surface area contributed by atoms with Crippen molar-refractivity contribution in [3.63, 3.8) is 0 Å². The zero-order valence-corrected chi connectivity index (χ0v) is 20.9. The van der Waals surface area contributed by atoms with Crippen molar-refractivity contribution < 1.29 is 9.47 Å². The molecule has 3 rings (SSSR count). The van der Waals surface area contributed by atoms with E-state index in [4.69, 9.17) is 32.7 Å². The van der Waals surface area contributed by atoms with E-state index in [9.17, 15) is 0 Å². The Hall–Kier alpha value is -2.13. The summed E-state index contributed by atoms with van der Waals surface area (Å²) in [6.45, 7) is 8.18. The average molecular weight is 480 g/mol. The molecule has 10 heteroatoms. The SMILES string of the molecule is CN(C)C=Nc1cc(Cl)c(Oc2cc3ccn(COCC[Si](C)(C)C)c3nn2)c(Cl)c1. The first kappa shape index (κ1) is 23.5. The maximum atomic E-state index is 6.36. The van der Waals surface area contributed by atoms with Gasteiger partial charge in [0.1, 0.15) is 6.73 Å². The van der Waals surface area contributed by atoms with Crippen molar-refractivity contribution in [2.75, 3.05) is 20.7 Å². The Bertz CT molecular complexity index is 1060. The lowest BCUT2D eigenvalue weighted by Gasteiger charge is -2.15. The average Bonchev–Trinajstić information content (AvgIpc) is 3.08. The van der Waals surface area contributed by atoms with E-state index in [0.29, 0.717) is 34.1 Å². The van der Waals surface area contributed by atoms with Crippen LogP contribution in [0, 0.1) is 0 Å². The van der Waals surface area contributed by atoms with Crippen LogP contribution in [0.4, 0.5) is 5.69 Å². The lowest BCUT2D eigenvalue weighted by Crippen LogP contribution is -2.22. The van der Waals surface area contributed by atoms with Gasteiger partial charge in [-0.2, -0.15) is 0 Å². The number of fused-ring (bicyclic) bond motifs is 1. The highest BCUT2D eigenvalue weighted by molar-refractivity contribution is 6.76. The summed E-state index contributed by atoms with van der Waals surface area (Å²) in [6.07, 6.45) is 3.59. The van der Waals surface area contributed by atoms with Gasteiger partial charge in [0.15, 0.2) is 11.4 Å². The third-order valence-corrected chi connectivity index (χ3v) is 6.61. The number of ether oxygens (including phenoxy) is 2. The normalized spacial score (nSPS) is 12.1. The molecule has 1 aromatic carbocycles. The molecular weight excluding hydrogens is 453 g/mol. The third kappa shape index (κ3) is 6.67. The predicted octanol–water partition coefficient (Wildman–Crippen LogP) is 6.06. The van der Waals surface area contributed by atoms with Gasteiger partial charge in [0.2, 0.25) is 5.88 Å². The Balaban J connectivity index is 1.72. The summed E-state index contributed by atoms with van der Waals surface area (Å²) in [5.41, 5.74) is 1.36. The molecular formula is C21H27Cl2N5O2Si. The fourth-order valence-electron chi connectivity index (χ4n) is 2.67. The van der Waals surface area contributed by atoms with E-state index in [1.54, 1.807) is 24.5 Å². The van der Waals surface area contributed by atoms with E-state index in [2.05, 4.69) is 34.8 Å². The molecule has 0 aliphatic heterocycles. The van der Waals surface area contributed by atoms with Crippen molar-refractivity contribution in [3.05, 3.63) is 40.5 Å². The molecule has 0 saturated carbocycles. The summed E-state index contributed by atoms with van der Waals surface area (Å²) < 4.78 is 13.6. The lowest BCUT2D eigenvalue weighted by atomic mass is 10.3. The topological polar surface area (TPSA) is 64.8 Å². The number of nitrogens with zero attached hydrogens (tertiary/aromatic N) is 5. The molecule has 0 aliphatic rings. The molecule has 7 nitrogen and oxygen atoms in total. The molecule has 0 spiro atoms. The van der Waals surface area contributed by atoms with Gasteiger partial charge in [-0.15, -0.1) is 10.2 Å². The van der Waals surface area contributed by atoms with Gasteiger partial charge in [-0.1, -0.05) is 42.8 Å². The Kier molecular flexibility index (Phi) is 7.58. The number of rotatable bonds is 9. The van der Waals surface area contributed by atoms with E-state index < -0.39 is 8.07 Å². The van der Waals surface area contributed by atoms with E-state index in [0.717, 1.165) is 23.7 Å². The van der Waals surface area contributed by atoms with Crippen LogP contribution < -0.4 is 4.74 Å². The molecule has 0 unspecified atom stereocenters. The molecule has 0 N–H and O–H groups in total. The summed E-state index contributed by atoms with van der Waals surface area (Å²) in [7, 11) is 2.65. The van der Waals surface area contributed by atoms with Crippen LogP contribution in [0.2, 0.25) is 35.7 Å². The number of benzene rings is 1. The van der Waals surface area contributed by atoms with Crippen molar-refractivity contribution in [3.8, 4) is 11.6 Å². The molecule has 0 bridgehead atoms. The van der Waals surface area contributed by atoms with Crippen LogP contribution in [0.1, 0.15) is 0 Å². The maximum absolute atomic E-state index is 6.36. The number of hydrogen-bond acceptors (Lipinski definition) is 5. The highest BCUT2D eigenvalue weighted by Crippen LogP contribution is 2.39. The van der Waals surface area contributed by atoms with E-state index in [-0.39, 0.29) is 0 Å². The molecule has 3 aromatic rings. The van der Waals surface area contributed by atoms with Crippen LogP contribution in [0.3, 0.4) is 0 Å². The quantitative estimate of drug-likeness (QED) is 0.161. The Morgan fingerprint density at radius 2 is 1.84 bits per heavy atom. The number of halogens is 2. The molecule has 31 heavy (non-hydrogen) atoms. The van der Waals surface area contributed by atoms with Crippen LogP contribution in [0.5, 0.6) is 11.6 Å². The fourth-order valence-corrected chi connectivity index (χ4v) is 3.98. The lowest BCUT2D eigenvalue weighted by molar-refractivity contribution is 0.0898. The van der Waals surface area contributed by atoms with Crippen LogP contribution in [0.15, 0.2) is 35.5 Å². The van der Waals surface area contributed by atoms with E-state index >= 15 is 0 Å². The van der Waals surface area contributed by atoms with Crippen LogP contribution in [0.25, 0.3) is 11.0 Å². The first-order valence-electron chi connectivity index (χ1n) is 9.90. The van der Waals surface area contributed by atoms with Gasteiger partial charge in [0, 0.05) is 46.4 Å². The molecule has 0 radical (unpaired) electrons. The van der Waals surface area contributed by atoms with Crippen molar-refractivity contribution in [1.82, 2.24) is 19.7 Å². The van der Waals surface area contributed by atoms with Crippen molar-refractivity contribution >= 4 is 54.3 Å². The molecule has 166 valence electrons. The number of hydrogen-bond donors (Lipinski definition) is 0. The first-order chi connectivity index (χ1) is 14.6. The van der Waals surface area contributed by atoms with Crippen LogP contribution >= 0.6 is 23.2 Å². The van der Waals surface area contributed by atoms with Gasteiger partial charge in [-0.3, -0.25) is 0 Å². The molecule has 0 saturated heterocycles. The summed E-state index contributed by atoms with van der Waals surface area (Å²) in [5, 5.41) is 10.0. The molecule has 2 heterocycles. The zero-order chi connectivity index (χ0) is 22.6. The maximum Gasteiger partial charge on any atom is 0.239 e. The fraction of sp³-hybridized carbons (Fsp3) is 0.381. The van der Waals surface area contributed by atoms with Gasteiger partial charge in [-0.25, -0.2) is 4.99 Å².